The van der Waals surface area contributed by atoms with E-state index >= 15 is 0 Å². The van der Waals surface area contributed by atoms with Crippen LogP contribution in [0.5, 0.6) is 0 Å². The van der Waals surface area contributed by atoms with E-state index in [1.54, 1.807) is 0 Å². The third-order valence-corrected chi connectivity index (χ3v) is 3.40. The van der Waals surface area contributed by atoms with Crippen LogP contribution in [0.1, 0.15) is 19.4 Å². The fourth-order valence-electron chi connectivity index (χ4n) is 1.52. The maximum Gasteiger partial charge on any atom is 0.108 e. The Bertz CT molecular complexity index is 488. The summed E-state index contributed by atoms with van der Waals surface area (Å²) in [5.74, 6) is 0. The smallest absolute Gasteiger partial charge is 0.108 e. The fraction of sp³-hybridized carbons (Fsp3) is 0.364. The molecule has 0 amide bonds. The van der Waals surface area contributed by atoms with Gasteiger partial charge in [-0.1, -0.05) is 19.9 Å². The van der Waals surface area contributed by atoms with E-state index < -0.39 is 0 Å². The minimum Gasteiger partial charge on any atom is -0.330 e. The largest absolute Gasteiger partial charge is 0.330 e. The van der Waals surface area contributed by atoms with Gasteiger partial charge in [0.15, 0.2) is 0 Å². The SMILES string of the molecule is CC(C)(CN)c1ccc2n[nH]c(Br)c2c1. The predicted octanol–water partition coefficient (Wildman–Crippen LogP) is 2.56. The van der Waals surface area contributed by atoms with Crippen LogP contribution in [0.4, 0.5) is 0 Å². The number of nitrogens with zero attached hydrogens (tertiary/aromatic N) is 1. The lowest BCUT2D eigenvalue weighted by Gasteiger charge is -2.22. The zero-order valence-corrected chi connectivity index (χ0v) is 10.4. The van der Waals surface area contributed by atoms with Gasteiger partial charge in [0.05, 0.1) is 5.52 Å². The Labute approximate surface area is 97.2 Å². The van der Waals surface area contributed by atoms with Crippen LogP contribution in [0.15, 0.2) is 22.8 Å². The Hall–Kier alpha value is -0.870. The van der Waals surface area contributed by atoms with Crippen molar-refractivity contribution in [1.82, 2.24) is 10.2 Å². The zero-order valence-electron chi connectivity index (χ0n) is 8.84. The predicted molar refractivity (Wildman–Crippen MR) is 65.9 cm³/mol. The lowest BCUT2D eigenvalue weighted by atomic mass is 9.84. The molecular weight excluding hydrogens is 254 g/mol. The molecule has 0 aliphatic carbocycles. The van der Waals surface area contributed by atoms with E-state index in [4.69, 9.17) is 5.73 Å². The first kappa shape index (κ1) is 10.6. The van der Waals surface area contributed by atoms with Gasteiger partial charge in [0.2, 0.25) is 0 Å². The van der Waals surface area contributed by atoms with Crippen LogP contribution in [0.3, 0.4) is 0 Å². The lowest BCUT2D eigenvalue weighted by Crippen LogP contribution is -2.27. The fourth-order valence-corrected chi connectivity index (χ4v) is 1.92. The summed E-state index contributed by atoms with van der Waals surface area (Å²) in [4.78, 5) is 0. The highest BCUT2D eigenvalue weighted by molar-refractivity contribution is 9.10. The van der Waals surface area contributed by atoms with Gasteiger partial charge in [-0.05, 0) is 33.6 Å². The minimum absolute atomic E-state index is 0.00486. The summed E-state index contributed by atoms with van der Waals surface area (Å²) >= 11 is 3.44. The average Bonchev–Trinajstić information content (AvgIpc) is 2.60. The molecule has 2 rings (SSSR count). The van der Waals surface area contributed by atoms with E-state index in [1.165, 1.54) is 5.56 Å². The van der Waals surface area contributed by atoms with Gasteiger partial charge in [0, 0.05) is 17.3 Å². The number of nitrogens with two attached hydrogens (primary N) is 1. The molecule has 4 heteroatoms. The van der Waals surface area contributed by atoms with E-state index in [2.05, 4.69) is 52.1 Å². The molecule has 80 valence electrons. The molecule has 1 aromatic heterocycles. The number of fused-ring (bicyclic) bond motifs is 1. The number of nitrogens with one attached hydrogen (secondary N) is 1. The Kier molecular flexibility index (Phi) is 2.56. The molecule has 0 radical (unpaired) electrons. The van der Waals surface area contributed by atoms with Crippen molar-refractivity contribution in [2.24, 2.45) is 5.73 Å². The van der Waals surface area contributed by atoms with Crippen LogP contribution in [0.25, 0.3) is 10.9 Å². The second-order valence-electron chi connectivity index (χ2n) is 4.36. The van der Waals surface area contributed by atoms with Crippen LogP contribution in [0.2, 0.25) is 0 Å². The summed E-state index contributed by atoms with van der Waals surface area (Å²) in [5, 5.41) is 8.18. The van der Waals surface area contributed by atoms with Crippen LogP contribution in [-0.4, -0.2) is 16.7 Å². The summed E-state index contributed by atoms with van der Waals surface area (Å²) in [5.41, 5.74) is 7.97. The van der Waals surface area contributed by atoms with Gasteiger partial charge < -0.3 is 5.73 Å². The monoisotopic (exact) mass is 267 g/mol. The third-order valence-electron chi connectivity index (χ3n) is 2.80. The summed E-state index contributed by atoms with van der Waals surface area (Å²) in [6.07, 6.45) is 0. The molecular formula is C11H14BrN3. The zero-order chi connectivity index (χ0) is 11.1. The van der Waals surface area contributed by atoms with Crippen LogP contribution in [-0.2, 0) is 5.41 Å². The van der Waals surface area contributed by atoms with Gasteiger partial charge in [-0.2, -0.15) is 5.10 Å². The topological polar surface area (TPSA) is 54.7 Å². The first-order chi connectivity index (χ1) is 7.04. The molecule has 3 nitrogen and oxygen atoms in total. The molecule has 0 saturated heterocycles. The van der Waals surface area contributed by atoms with E-state index in [9.17, 15) is 0 Å². The number of rotatable bonds is 2. The van der Waals surface area contributed by atoms with Crippen molar-refractivity contribution in [2.45, 2.75) is 19.3 Å². The van der Waals surface area contributed by atoms with Gasteiger partial charge >= 0.3 is 0 Å². The summed E-state index contributed by atoms with van der Waals surface area (Å²) in [7, 11) is 0. The number of hydrogen-bond donors (Lipinski definition) is 2. The van der Waals surface area contributed by atoms with Crippen molar-refractivity contribution in [3.05, 3.63) is 28.4 Å². The normalized spacial score (nSPS) is 12.3. The molecule has 0 spiro atoms. The van der Waals surface area contributed by atoms with Crippen molar-refractivity contribution in [2.75, 3.05) is 6.54 Å². The molecule has 0 saturated carbocycles. The Balaban J connectivity index is 2.59. The highest BCUT2D eigenvalue weighted by Gasteiger charge is 2.19. The van der Waals surface area contributed by atoms with Gasteiger partial charge in [-0.15, -0.1) is 0 Å². The van der Waals surface area contributed by atoms with Crippen molar-refractivity contribution in [3.8, 4) is 0 Å². The third kappa shape index (κ3) is 1.79. The molecule has 0 unspecified atom stereocenters. The molecule has 1 heterocycles. The molecule has 15 heavy (non-hydrogen) atoms. The Morgan fingerprint density at radius 2 is 2.20 bits per heavy atom. The highest BCUT2D eigenvalue weighted by atomic mass is 79.9. The Morgan fingerprint density at radius 3 is 2.87 bits per heavy atom. The van der Waals surface area contributed by atoms with E-state index in [0.29, 0.717) is 6.54 Å². The number of aromatic nitrogens is 2. The summed E-state index contributed by atoms with van der Waals surface area (Å²) in [6.45, 7) is 4.91. The van der Waals surface area contributed by atoms with Gasteiger partial charge in [-0.25, -0.2) is 0 Å². The van der Waals surface area contributed by atoms with Crippen molar-refractivity contribution < 1.29 is 0 Å². The van der Waals surface area contributed by atoms with Crippen molar-refractivity contribution in [3.63, 3.8) is 0 Å². The molecule has 0 atom stereocenters. The quantitative estimate of drug-likeness (QED) is 0.879. The molecule has 0 aliphatic heterocycles. The maximum absolute atomic E-state index is 5.76. The van der Waals surface area contributed by atoms with E-state index in [-0.39, 0.29) is 5.41 Å². The van der Waals surface area contributed by atoms with Gasteiger partial charge in [0.25, 0.3) is 0 Å². The maximum atomic E-state index is 5.76. The van der Waals surface area contributed by atoms with Crippen LogP contribution >= 0.6 is 15.9 Å². The molecule has 2 aromatic rings. The van der Waals surface area contributed by atoms with Gasteiger partial charge in [0.1, 0.15) is 4.60 Å². The van der Waals surface area contributed by atoms with Crippen LogP contribution in [0, 0.1) is 0 Å². The van der Waals surface area contributed by atoms with Crippen LogP contribution < -0.4 is 5.73 Å². The standard InChI is InChI=1S/C11H14BrN3/c1-11(2,6-13)7-3-4-9-8(5-7)10(12)15-14-9/h3-5H,6,13H2,1-2H3,(H,14,15). The van der Waals surface area contributed by atoms with E-state index in [0.717, 1.165) is 15.5 Å². The Morgan fingerprint density at radius 1 is 1.47 bits per heavy atom. The number of H-pyrrole nitrogens is 1. The molecule has 1 aromatic carbocycles. The lowest BCUT2D eigenvalue weighted by molar-refractivity contribution is 0.540. The molecule has 0 aliphatic rings. The average molecular weight is 268 g/mol. The summed E-state index contributed by atoms with van der Waals surface area (Å²) < 4.78 is 0.923. The number of halogens is 1. The highest BCUT2D eigenvalue weighted by Crippen LogP contribution is 2.28. The number of benzene rings is 1. The first-order valence-electron chi connectivity index (χ1n) is 4.89. The summed E-state index contributed by atoms with van der Waals surface area (Å²) in [6, 6.07) is 6.24. The molecule has 0 fully saturated rings. The second-order valence-corrected chi connectivity index (χ2v) is 5.15. The van der Waals surface area contributed by atoms with Gasteiger partial charge in [-0.3, -0.25) is 5.10 Å². The molecule has 3 N–H and O–H groups in total. The molecule has 0 bridgehead atoms. The first-order valence-corrected chi connectivity index (χ1v) is 5.68. The van der Waals surface area contributed by atoms with Crippen molar-refractivity contribution >= 4 is 26.8 Å². The second kappa shape index (κ2) is 3.61. The van der Waals surface area contributed by atoms with E-state index in [1.807, 2.05) is 6.07 Å². The van der Waals surface area contributed by atoms with Crippen molar-refractivity contribution in [1.29, 1.82) is 0 Å². The minimum atomic E-state index is 0.00486. The number of aromatic amines is 1. The number of hydrogen-bond acceptors (Lipinski definition) is 2.